The van der Waals surface area contributed by atoms with Crippen LogP contribution in [0.15, 0.2) is 35.5 Å². The van der Waals surface area contributed by atoms with Gasteiger partial charge in [0.2, 0.25) is 5.78 Å². The lowest BCUT2D eigenvalue weighted by Gasteiger charge is -2.60. The van der Waals surface area contributed by atoms with Gasteiger partial charge in [0.25, 0.3) is 0 Å². The fourth-order valence-electron chi connectivity index (χ4n) is 8.31. The Kier molecular flexibility index (Phi) is 5.33. The van der Waals surface area contributed by atoms with E-state index < -0.39 is 35.5 Å². The number of Topliss-reactive ketones (excluding diaryl/α,β-unsaturated/α-hetero) is 1. The van der Waals surface area contributed by atoms with Crippen LogP contribution in [0, 0.1) is 28.6 Å². The minimum absolute atomic E-state index is 0.0149. The highest BCUT2D eigenvalue weighted by Crippen LogP contribution is 2.68. The van der Waals surface area contributed by atoms with Crippen molar-refractivity contribution in [2.24, 2.45) is 28.6 Å². The molecule has 0 aromatic carbocycles. The lowest BCUT2D eigenvalue weighted by molar-refractivity contribution is -0.199. The molecule has 0 aliphatic heterocycles. The zero-order chi connectivity index (χ0) is 23.6. The number of carbonyl (C=O) groups is 3. The van der Waals surface area contributed by atoms with Crippen LogP contribution in [0.25, 0.3) is 0 Å². The van der Waals surface area contributed by atoms with Crippen molar-refractivity contribution in [3.05, 3.63) is 35.5 Å². The molecule has 0 radical (unpaired) electrons. The van der Waals surface area contributed by atoms with Crippen molar-refractivity contribution in [3.8, 4) is 0 Å². The minimum Gasteiger partial charge on any atom is -0.447 e. The first-order valence-corrected chi connectivity index (χ1v) is 12.3. The topological polar surface area (TPSA) is 101 Å². The highest BCUT2D eigenvalue weighted by molar-refractivity contribution is 5.96. The Bertz CT molecular complexity index is 991. The molecule has 2 N–H and O–H groups in total. The second-order valence-electron chi connectivity index (χ2n) is 11.2. The van der Waals surface area contributed by atoms with Gasteiger partial charge in [-0.3, -0.25) is 9.59 Å². The number of rotatable bonds is 4. The summed E-state index contributed by atoms with van der Waals surface area (Å²) in [7, 11) is 0. The molecule has 33 heavy (non-hydrogen) atoms. The number of allylic oxidation sites excluding steroid dienone is 4. The quantitative estimate of drug-likeness (QED) is 0.633. The molecule has 0 amide bonds. The molecule has 0 bridgehead atoms. The molecule has 0 spiro atoms. The highest BCUT2D eigenvalue weighted by atomic mass is 16.6. The number of ketones is 2. The predicted molar refractivity (Wildman–Crippen MR) is 121 cm³/mol. The van der Waals surface area contributed by atoms with Gasteiger partial charge in [-0.25, -0.2) is 4.79 Å². The maximum Gasteiger partial charge on any atom is 0.335 e. The van der Waals surface area contributed by atoms with Crippen molar-refractivity contribution < 1.29 is 29.3 Å². The largest absolute Gasteiger partial charge is 0.447 e. The van der Waals surface area contributed by atoms with Gasteiger partial charge in [0.1, 0.15) is 6.61 Å². The highest BCUT2D eigenvalue weighted by Gasteiger charge is 2.70. The zero-order valence-electron chi connectivity index (χ0n) is 19.5. The molecule has 5 aliphatic rings. The standard InChI is InChI=1S/C27H34O6/c1-25-11-9-18(29)13-17(25)7-8-19-20-10-12-27(22(31)15-28,26(20,2)14-21(30)23(19)25)33-24(32)16-5-3-4-6-16/h3-5,13,19-21,23,28,30H,6-12,14-15H2,1-2H3/t19-,20-,21-,23+,25-,26-,27-/m0/s1. The van der Waals surface area contributed by atoms with Gasteiger partial charge in [0.15, 0.2) is 11.4 Å². The SMILES string of the molecule is C[C@]12CCC(=O)C=C1CC[C@@H]1[C@@H]2[C@@H](O)C[C@@]2(C)[C@H]1CC[C@]2(OC(=O)C1=CC=CC1)C(=O)CO. The molecule has 5 rings (SSSR count). The summed E-state index contributed by atoms with van der Waals surface area (Å²) in [5.41, 5.74) is -0.740. The van der Waals surface area contributed by atoms with E-state index in [9.17, 15) is 24.6 Å². The van der Waals surface area contributed by atoms with Crippen LogP contribution in [-0.4, -0.2) is 46.1 Å². The summed E-state index contributed by atoms with van der Waals surface area (Å²) < 4.78 is 6.06. The third kappa shape index (κ3) is 3.09. The summed E-state index contributed by atoms with van der Waals surface area (Å²) in [6.45, 7) is 3.47. The number of hydrogen-bond acceptors (Lipinski definition) is 6. The van der Waals surface area contributed by atoms with Gasteiger partial charge in [-0.05, 0) is 74.2 Å². The van der Waals surface area contributed by atoms with Gasteiger partial charge in [-0.2, -0.15) is 0 Å². The summed E-state index contributed by atoms with van der Waals surface area (Å²) >= 11 is 0. The van der Waals surface area contributed by atoms with E-state index in [0.717, 1.165) is 31.3 Å². The third-order valence-corrected chi connectivity index (χ3v) is 9.91. The van der Waals surface area contributed by atoms with Crippen LogP contribution in [0.2, 0.25) is 0 Å². The van der Waals surface area contributed by atoms with E-state index in [4.69, 9.17) is 4.74 Å². The Morgan fingerprint density at radius 2 is 1.97 bits per heavy atom. The van der Waals surface area contributed by atoms with Crippen LogP contribution < -0.4 is 0 Å². The third-order valence-electron chi connectivity index (χ3n) is 9.91. The van der Waals surface area contributed by atoms with Crippen LogP contribution in [0.5, 0.6) is 0 Å². The Balaban J connectivity index is 1.52. The van der Waals surface area contributed by atoms with Crippen molar-refractivity contribution in [2.75, 3.05) is 6.61 Å². The molecule has 0 saturated heterocycles. The van der Waals surface area contributed by atoms with E-state index in [0.29, 0.717) is 31.3 Å². The summed E-state index contributed by atoms with van der Waals surface area (Å²) in [5, 5.41) is 21.5. The van der Waals surface area contributed by atoms with Crippen LogP contribution in [0.1, 0.15) is 65.2 Å². The van der Waals surface area contributed by atoms with Crippen molar-refractivity contribution in [1.29, 1.82) is 0 Å². The number of fused-ring (bicyclic) bond motifs is 5. The van der Waals surface area contributed by atoms with E-state index in [1.54, 1.807) is 18.2 Å². The van der Waals surface area contributed by atoms with E-state index in [1.807, 2.05) is 13.0 Å². The molecule has 6 nitrogen and oxygen atoms in total. The predicted octanol–water partition coefficient (Wildman–Crippen LogP) is 3.22. The average molecular weight is 455 g/mol. The smallest absolute Gasteiger partial charge is 0.335 e. The fraction of sp³-hybridized carbons (Fsp3) is 0.667. The Morgan fingerprint density at radius 3 is 2.67 bits per heavy atom. The molecule has 3 saturated carbocycles. The first kappa shape index (κ1) is 22.7. The van der Waals surface area contributed by atoms with Crippen LogP contribution in [-0.2, 0) is 19.1 Å². The van der Waals surface area contributed by atoms with E-state index >= 15 is 0 Å². The van der Waals surface area contributed by atoms with Crippen molar-refractivity contribution in [2.45, 2.75) is 76.9 Å². The summed E-state index contributed by atoms with van der Waals surface area (Å²) in [6, 6.07) is 0. The van der Waals surface area contributed by atoms with Gasteiger partial charge in [0.05, 0.1) is 6.10 Å². The van der Waals surface area contributed by atoms with Gasteiger partial charge in [-0.1, -0.05) is 37.6 Å². The zero-order valence-corrected chi connectivity index (χ0v) is 19.5. The molecule has 5 aliphatic carbocycles. The maximum atomic E-state index is 13.2. The molecule has 0 aromatic heterocycles. The first-order chi connectivity index (χ1) is 15.7. The summed E-state index contributed by atoms with van der Waals surface area (Å²) in [4.78, 5) is 38.3. The molecular weight excluding hydrogens is 420 g/mol. The number of esters is 1. The van der Waals surface area contributed by atoms with E-state index in [2.05, 4.69) is 6.92 Å². The number of ether oxygens (including phenoxy) is 1. The summed E-state index contributed by atoms with van der Waals surface area (Å²) in [5.74, 6) is -0.515. The van der Waals surface area contributed by atoms with Crippen LogP contribution in [0.4, 0.5) is 0 Å². The lowest BCUT2D eigenvalue weighted by atomic mass is 9.45. The number of hydrogen-bond donors (Lipinski definition) is 2. The van der Waals surface area contributed by atoms with Crippen molar-refractivity contribution >= 4 is 17.5 Å². The van der Waals surface area contributed by atoms with Crippen LogP contribution in [0.3, 0.4) is 0 Å². The van der Waals surface area contributed by atoms with E-state index in [-0.39, 0.29) is 29.0 Å². The normalized spacial score (nSPS) is 43.8. The second-order valence-corrected chi connectivity index (χ2v) is 11.2. The maximum absolute atomic E-state index is 13.2. The van der Waals surface area contributed by atoms with Crippen molar-refractivity contribution in [3.63, 3.8) is 0 Å². The molecular formula is C27H34O6. The molecule has 0 aromatic rings. The minimum atomic E-state index is -1.43. The van der Waals surface area contributed by atoms with Crippen LogP contribution >= 0.6 is 0 Å². The number of carbonyl (C=O) groups excluding carboxylic acids is 3. The number of aliphatic hydroxyl groups excluding tert-OH is 2. The van der Waals surface area contributed by atoms with Gasteiger partial charge in [0, 0.05) is 17.4 Å². The number of aliphatic hydroxyl groups is 2. The Labute approximate surface area is 194 Å². The molecule has 6 heteroatoms. The average Bonchev–Trinajstić information content (AvgIpc) is 3.41. The van der Waals surface area contributed by atoms with E-state index in [1.165, 1.54) is 0 Å². The molecule has 0 unspecified atom stereocenters. The molecule has 7 atom stereocenters. The Hall–Kier alpha value is -2.05. The van der Waals surface area contributed by atoms with Gasteiger partial charge >= 0.3 is 5.97 Å². The first-order valence-electron chi connectivity index (χ1n) is 12.3. The monoisotopic (exact) mass is 454 g/mol. The fourth-order valence-corrected chi connectivity index (χ4v) is 8.31. The van der Waals surface area contributed by atoms with Gasteiger partial charge < -0.3 is 14.9 Å². The van der Waals surface area contributed by atoms with Gasteiger partial charge in [-0.15, -0.1) is 0 Å². The van der Waals surface area contributed by atoms with Crippen molar-refractivity contribution in [1.82, 2.24) is 0 Å². The molecule has 178 valence electrons. The second kappa shape index (κ2) is 7.74. The lowest BCUT2D eigenvalue weighted by Crippen LogP contribution is -2.63. The Morgan fingerprint density at radius 1 is 1.18 bits per heavy atom. The molecule has 3 fully saturated rings. The summed E-state index contributed by atoms with van der Waals surface area (Å²) in [6.07, 6.45) is 11.3. The molecule has 0 heterocycles.